The maximum absolute atomic E-state index is 12.1. The first-order chi connectivity index (χ1) is 9.20. The number of anilines is 1. The van der Waals surface area contributed by atoms with Crippen LogP contribution in [0.15, 0.2) is 24.3 Å². The van der Waals surface area contributed by atoms with E-state index in [-0.39, 0.29) is 6.03 Å². The van der Waals surface area contributed by atoms with Crippen molar-refractivity contribution in [2.75, 3.05) is 38.0 Å². The van der Waals surface area contributed by atoms with E-state index in [4.69, 9.17) is 11.6 Å². The molecule has 0 spiro atoms. The molecule has 19 heavy (non-hydrogen) atoms. The predicted octanol–water partition coefficient (Wildman–Crippen LogP) is 1.48. The Morgan fingerprint density at radius 1 is 1.37 bits per heavy atom. The smallest absolute Gasteiger partial charge is 0.322 e. The van der Waals surface area contributed by atoms with Gasteiger partial charge < -0.3 is 15.1 Å². The minimum absolute atomic E-state index is 0.0522. The minimum atomic E-state index is -0.0522. The number of halogens is 1. The molecule has 4 nitrogen and oxygen atoms in total. The van der Waals surface area contributed by atoms with Crippen LogP contribution >= 0.6 is 11.6 Å². The van der Waals surface area contributed by atoms with Crippen molar-refractivity contribution in [1.29, 1.82) is 0 Å². The molecule has 1 saturated heterocycles. The Kier molecular flexibility index (Phi) is 5.05. The monoisotopic (exact) mass is 282 g/mol. The van der Waals surface area contributed by atoms with Gasteiger partial charge in [-0.05, 0) is 18.6 Å². The van der Waals surface area contributed by atoms with Crippen molar-refractivity contribution in [3.63, 3.8) is 0 Å². The molecule has 0 aliphatic carbocycles. The van der Waals surface area contributed by atoms with Gasteiger partial charge in [-0.2, -0.15) is 0 Å². The molecule has 1 aliphatic heterocycles. The quantitative estimate of drug-likeness (QED) is 0.866. The number of piperazine rings is 1. The summed E-state index contributed by atoms with van der Waals surface area (Å²) >= 11 is 6.03. The Bertz CT molecular complexity index is 430. The van der Waals surface area contributed by atoms with Crippen LogP contribution in [0, 0.1) is 0 Å². The van der Waals surface area contributed by atoms with Crippen molar-refractivity contribution < 1.29 is 9.69 Å². The number of benzene rings is 1. The van der Waals surface area contributed by atoms with E-state index in [1.165, 1.54) is 13.0 Å². The number of carbonyl (C=O) groups is 1. The molecule has 0 saturated carbocycles. The highest BCUT2D eigenvalue weighted by Gasteiger charge is 2.23. The number of nitrogens with one attached hydrogen (secondary N) is 2. The van der Waals surface area contributed by atoms with E-state index in [2.05, 4.69) is 12.2 Å². The number of nitrogens with zero attached hydrogens (tertiary/aromatic N) is 1. The van der Waals surface area contributed by atoms with E-state index >= 15 is 0 Å². The van der Waals surface area contributed by atoms with Crippen LogP contribution in [0.25, 0.3) is 0 Å². The lowest BCUT2D eigenvalue weighted by Crippen LogP contribution is -3.14. The molecule has 1 aromatic rings. The Morgan fingerprint density at radius 2 is 2.05 bits per heavy atom. The molecule has 2 N–H and O–H groups in total. The van der Waals surface area contributed by atoms with Gasteiger partial charge in [0.2, 0.25) is 0 Å². The van der Waals surface area contributed by atoms with Crippen molar-refractivity contribution in [2.24, 2.45) is 0 Å². The van der Waals surface area contributed by atoms with Crippen LogP contribution in [0.2, 0.25) is 5.02 Å². The summed E-state index contributed by atoms with van der Waals surface area (Å²) in [5, 5.41) is 3.45. The third-order valence-electron chi connectivity index (χ3n) is 3.48. The molecule has 104 valence electrons. The van der Waals surface area contributed by atoms with Crippen molar-refractivity contribution in [3.8, 4) is 0 Å². The molecule has 5 heteroatoms. The molecule has 2 rings (SSSR count). The highest BCUT2D eigenvalue weighted by Crippen LogP contribution is 2.20. The highest BCUT2D eigenvalue weighted by molar-refractivity contribution is 6.33. The standard InChI is InChI=1S/C14H20ClN3O/c1-2-7-17-8-10-18(11-9-17)14(19)16-13-6-4-3-5-12(13)15/h3-6H,2,7-11H2,1H3,(H,16,19)/p+1. The Hall–Kier alpha value is -1.26. The maximum atomic E-state index is 12.1. The van der Waals surface area contributed by atoms with Gasteiger partial charge >= 0.3 is 6.03 Å². The lowest BCUT2D eigenvalue weighted by atomic mass is 10.3. The molecular formula is C14H21ClN3O+. The summed E-state index contributed by atoms with van der Waals surface area (Å²) in [7, 11) is 0. The van der Waals surface area contributed by atoms with Gasteiger partial charge in [-0.25, -0.2) is 4.79 Å². The third kappa shape index (κ3) is 3.85. The van der Waals surface area contributed by atoms with Crippen LogP contribution < -0.4 is 10.2 Å². The molecule has 0 bridgehead atoms. The number of carbonyl (C=O) groups excluding carboxylic acids is 1. The largest absolute Gasteiger partial charge is 0.332 e. The normalized spacial score (nSPS) is 16.4. The first kappa shape index (κ1) is 14.2. The topological polar surface area (TPSA) is 36.8 Å². The number of urea groups is 1. The van der Waals surface area contributed by atoms with E-state index in [1.54, 1.807) is 11.0 Å². The summed E-state index contributed by atoms with van der Waals surface area (Å²) in [6, 6.07) is 7.26. The van der Waals surface area contributed by atoms with Crippen LogP contribution in [0.4, 0.5) is 10.5 Å². The Morgan fingerprint density at radius 3 is 2.68 bits per heavy atom. The van der Waals surface area contributed by atoms with Gasteiger partial charge in [0.05, 0.1) is 43.4 Å². The SMILES string of the molecule is CCC[NH+]1CCN(C(=O)Nc2ccccc2Cl)CC1. The van der Waals surface area contributed by atoms with Crippen molar-refractivity contribution in [1.82, 2.24) is 4.90 Å². The Balaban J connectivity index is 1.87. The summed E-state index contributed by atoms with van der Waals surface area (Å²) in [6.07, 6.45) is 1.20. The van der Waals surface area contributed by atoms with Gasteiger partial charge in [0.1, 0.15) is 0 Å². The summed E-state index contributed by atoms with van der Waals surface area (Å²) in [4.78, 5) is 15.6. The Labute approximate surface area is 119 Å². The number of para-hydroxylation sites is 1. The summed E-state index contributed by atoms with van der Waals surface area (Å²) < 4.78 is 0. The average molecular weight is 283 g/mol. The molecule has 1 aliphatic rings. The van der Waals surface area contributed by atoms with Gasteiger partial charge in [-0.3, -0.25) is 0 Å². The third-order valence-corrected chi connectivity index (χ3v) is 3.81. The molecule has 1 heterocycles. The summed E-state index contributed by atoms with van der Waals surface area (Å²) in [5.41, 5.74) is 0.678. The number of rotatable bonds is 3. The first-order valence-electron chi connectivity index (χ1n) is 6.84. The van der Waals surface area contributed by atoms with Gasteiger partial charge in [0, 0.05) is 0 Å². The molecule has 1 fully saturated rings. The zero-order valence-corrected chi connectivity index (χ0v) is 12.0. The predicted molar refractivity (Wildman–Crippen MR) is 77.9 cm³/mol. The van der Waals surface area contributed by atoms with Crippen LogP contribution in [0.3, 0.4) is 0 Å². The summed E-state index contributed by atoms with van der Waals surface area (Å²) in [6.45, 7) is 7.08. The van der Waals surface area contributed by atoms with Gasteiger partial charge in [-0.1, -0.05) is 30.7 Å². The molecule has 0 radical (unpaired) electrons. The second kappa shape index (κ2) is 6.78. The van der Waals surface area contributed by atoms with Gasteiger partial charge in [-0.15, -0.1) is 0 Å². The van der Waals surface area contributed by atoms with E-state index in [1.807, 2.05) is 23.1 Å². The molecule has 2 amide bonds. The lowest BCUT2D eigenvalue weighted by Gasteiger charge is -2.32. The van der Waals surface area contributed by atoms with Gasteiger partial charge in [0.25, 0.3) is 0 Å². The fourth-order valence-corrected chi connectivity index (χ4v) is 2.57. The first-order valence-corrected chi connectivity index (χ1v) is 7.22. The second-order valence-electron chi connectivity index (χ2n) is 4.90. The van der Waals surface area contributed by atoms with Crippen LogP contribution in [0.1, 0.15) is 13.3 Å². The van der Waals surface area contributed by atoms with Crippen molar-refractivity contribution >= 4 is 23.3 Å². The minimum Gasteiger partial charge on any atom is -0.332 e. The number of amides is 2. The van der Waals surface area contributed by atoms with Crippen LogP contribution in [-0.2, 0) is 0 Å². The zero-order valence-electron chi connectivity index (χ0n) is 11.3. The highest BCUT2D eigenvalue weighted by atomic mass is 35.5. The fourth-order valence-electron chi connectivity index (χ4n) is 2.39. The van der Waals surface area contributed by atoms with E-state index in [9.17, 15) is 4.79 Å². The molecule has 0 atom stereocenters. The summed E-state index contributed by atoms with van der Waals surface area (Å²) in [5.74, 6) is 0. The van der Waals surface area contributed by atoms with Gasteiger partial charge in [0.15, 0.2) is 0 Å². The number of hydrogen-bond donors (Lipinski definition) is 2. The van der Waals surface area contributed by atoms with E-state index < -0.39 is 0 Å². The van der Waals surface area contributed by atoms with Crippen LogP contribution in [0.5, 0.6) is 0 Å². The average Bonchev–Trinajstić information content (AvgIpc) is 2.42. The van der Waals surface area contributed by atoms with E-state index in [0.717, 1.165) is 26.2 Å². The fraction of sp³-hybridized carbons (Fsp3) is 0.500. The number of quaternary nitrogens is 1. The van der Waals surface area contributed by atoms with Crippen LogP contribution in [-0.4, -0.2) is 43.7 Å². The second-order valence-corrected chi connectivity index (χ2v) is 5.30. The van der Waals surface area contributed by atoms with Crippen molar-refractivity contribution in [2.45, 2.75) is 13.3 Å². The number of hydrogen-bond acceptors (Lipinski definition) is 1. The van der Waals surface area contributed by atoms with E-state index in [0.29, 0.717) is 10.7 Å². The molecule has 0 aromatic heterocycles. The van der Waals surface area contributed by atoms with Crippen molar-refractivity contribution in [3.05, 3.63) is 29.3 Å². The maximum Gasteiger partial charge on any atom is 0.322 e. The molecule has 1 aromatic carbocycles. The lowest BCUT2D eigenvalue weighted by molar-refractivity contribution is -0.904. The zero-order chi connectivity index (χ0) is 13.7. The molecular weight excluding hydrogens is 262 g/mol. The molecule has 0 unspecified atom stereocenters.